The molecule has 0 radical (unpaired) electrons. The second-order valence-corrected chi connectivity index (χ2v) is 8.19. The van der Waals surface area contributed by atoms with Crippen molar-refractivity contribution in [3.05, 3.63) is 76.7 Å². The fourth-order valence-corrected chi connectivity index (χ4v) is 3.64. The minimum absolute atomic E-state index is 0.0699. The van der Waals surface area contributed by atoms with Crippen LogP contribution in [0.1, 0.15) is 52.7 Å². The van der Waals surface area contributed by atoms with Gasteiger partial charge < -0.3 is 4.42 Å². The Balaban J connectivity index is 1.62. The third-order valence-corrected chi connectivity index (χ3v) is 5.67. The average molecular weight is 381 g/mol. The number of hydrogen-bond acceptors (Lipinski definition) is 5. The normalized spacial score (nSPS) is 13.3. The first kappa shape index (κ1) is 19.4. The van der Waals surface area contributed by atoms with Crippen LogP contribution in [0.2, 0.25) is 0 Å². The standard InChI is InChI=1S/C22H24N2O2S/c1-14-10-11-19(12-15(14)2)21(25)17(4)27-22-24-23-20(26-22)13-16(3)18-8-6-5-7-9-18/h5-12,16-17H,13H2,1-4H3. The van der Waals surface area contributed by atoms with Gasteiger partial charge in [0.15, 0.2) is 5.78 Å². The third-order valence-electron chi connectivity index (χ3n) is 4.74. The molecule has 0 saturated heterocycles. The lowest BCUT2D eigenvalue weighted by atomic mass is 9.98. The molecule has 0 amide bonds. The number of aryl methyl sites for hydroxylation is 2. The Bertz CT molecular complexity index is 921. The average Bonchev–Trinajstić information content (AvgIpc) is 3.10. The van der Waals surface area contributed by atoms with Gasteiger partial charge >= 0.3 is 0 Å². The Morgan fingerprint density at radius 1 is 1.04 bits per heavy atom. The molecule has 2 unspecified atom stereocenters. The second-order valence-electron chi connectivity index (χ2n) is 6.90. The minimum atomic E-state index is -0.285. The van der Waals surface area contributed by atoms with Gasteiger partial charge in [-0.1, -0.05) is 61.2 Å². The van der Waals surface area contributed by atoms with Gasteiger partial charge in [-0.05, 0) is 49.4 Å². The maximum Gasteiger partial charge on any atom is 0.277 e. The van der Waals surface area contributed by atoms with Gasteiger partial charge in [0.25, 0.3) is 5.22 Å². The Morgan fingerprint density at radius 2 is 1.78 bits per heavy atom. The van der Waals surface area contributed by atoms with E-state index in [1.165, 1.54) is 22.9 Å². The molecule has 0 saturated carbocycles. The van der Waals surface area contributed by atoms with Crippen LogP contribution in [0.5, 0.6) is 0 Å². The number of thioether (sulfide) groups is 1. The Labute approximate surface area is 164 Å². The van der Waals surface area contributed by atoms with Crippen molar-refractivity contribution in [3.8, 4) is 0 Å². The molecule has 5 heteroatoms. The van der Waals surface area contributed by atoms with E-state index in [4.69, 9.17) is 4.42 Å². The maximum absolute atomic E-state index is 12.7. The van der Waals surface area contributed by atoms with Gasteiger partial charge in [0.05, 0.1) is 5.25 Å². The smallest absolute Gasteiger partial charge is 0.277 e. The lowest BCUT2D eigenvalue weighted by molar-refractivity contribution is 0.0993. The van der Waals surface area contributed by atoms with Crippen LogP contribution >= 0.6 is 11.8 Å². The highest BCUT2D eigenvalue weighted by Crippen LogP contribution is 2.27. The number of nitrogens with zero attached hydrogens (tertiary/aromatic N) is 2. The number of carbonyl (C=O) groups is 1. The molecular weight excluding hydrogens is 356 g/mol. The molecule has 1 aromatic heterocycles. The van der Waals surface area contributed by atoms with Crippen molar-refractivity contribution < 1.29 is 9.21 Å². The van der Waals surface area contributed by atoms with Gasteiger partial charge in [-0.3, -0.25) is 4.79 Å². The van der Waals surface area contributed by atoms with Crippen LogP contribution in [0.3, 0.4) is 0 Å². The fourth-order valence-electron chi connectivity index (χ4n) is 2.86. The van der Waals surface area contributed by atoms with Crippen LogP contribution in [0, 0.1) is 13.8 Å². The van der Waals surface area contributed by atoms with Crippen LogP contribution in [-0.2, 0) is 6.42 Å². The molecule has 0 aliphatic heterocycles. The number of Topliss-reactive ketones (excluding diaryl/α,β-unsaturated/α-hetero) is 1. The van der Waals surface area contributed by atoms with Crippen molar-refractivity contribution in [2.45, 2.75) is 50.5 Å². The molecule has 0 aliphatic carbocycles. The molecule has 3 rings (SSSR count). The molecule has 2 aromatic carbocycles. The predicted molar refractivity (Wildman–Crippen MR) is 108 cm³/mol. The molecule has 2 atom stereocenters. The fraction of sp³-hybridized carbons (Fsp3) is 0.318. The topological polar surface area (TPSA) is 56.0 Å². The highest BCUT2D eigenvalue weighted by molar-refractivity contribution is 8.00. The van der Waals surface area contributed by atoms with E-state index in [9.17, 15) is 4.79 Å². The summed E-state index contributed by atoms with van der Waals surface area (Å²) in [6.45, 7) is 8.07. The number of aromatic nitrogens is 2. The second kappa shape index (κ2) is 8.53. The molecule has 3 aromatic rings. The summed E-state index contributed by atoms with van der Waals surface area (Å²) >= 11 is 1.31. The summed E-state index contributed by atoms with van der Waals surface area (Å²) in [5.41, 5.74) is 4.26. The van der Waals surface area contributed by atoms with E-state index in [0.29, 0.717) is 23.5 Å². The largest absolute Gasteiger partial charge is 0.416 e. The van der Waals surface area contributed by atoms with Gasteiger partial charge in [-0.15, -0.1) is 10.2 Å². The van der Waals surface area contributed by atoms with Crippen molar-refractivity contribution in [1.82, 2.24) is 10.2 Å². The van der Waals surface area contributed by atoms with Gasteiger partial charge in [-0.25, -0.2) is 0 Å². The van der Waals surface area contributed by atoms with Crippen molar-refractivity contribution in [1.29, 1.82) is 0 Å². The predicted octanol–water partition coefficient (Wildman–Crippen LogP) is 5.40. The summed E-state index contributed by atoms with van der Waals surface area (Å²) < 4.78 is 5.76. The van der Waals surface area contributed by atoms with Gasteiger partial charge in [0.1, 0.15) is 0 Å². The summed E-state index contributed by atoms with van der Waals surface area (Å²) in [7, 11) is 0. The maximum atomic E-state index is 12.7. The zero-order chi connectivity index (χ0) is 19.4. The zero-order valence-electron chi connectivity index (χ0n) is 16.1. The minimum Gasteiger partial charge on any atom is -0.416 e. The van der Waals surface area contributed by atoms with Gasteiger partial charge in [0.2, 0.25) is 5.89 Å². The Morgan fingerprint density at radius 3 is 2.48 bits per heavy atom. The monoisotopic (exact) mass is 380 g/mol. The molecule has 0 spiro atoms. The first-order valence-electron chi connectivity index (χ1n) is 9.09. The number of carbonyl (C=O) groups excluding carboxylic acids is 1. The van der Waals surface area contributed by atoms with Crippen molar-refractivity contribution in [2.75, 3.05) is 0 Å². The van der Waals surface area contributed by atoms with E-state index in [0.717, 1.165) is 11.1 Å². The van der Waals surface area contributed by atoms with Crippen molar-refractivity contribution >= 4 is 17.5 Å². The molecule has 4 nitrogen and oxygen atoms in total. The Kier molecular flexibility index (Phi) is 6.11. The van der Waals surface area contributed by atoms with E-state index in [2.05, 4.69) is 29.3 Å². The number of rotatable bonds is 7. The van der Waals surface area contributed by atoms with Crippen LogP contribution in [-0.4, -0.2) is 21.2 Å². The van der Waals surface area contributed by atoms with Crippen LogP contribution in [0.4, 0.5) is 0 Å². The molecule has 0 bridgehead atoms. The van der Waals surface area contributed by atoms with Gasteiger partial charge in [0, 0.05) is 12.0 Å². The first-order valence-corrected chi connectivity index (χ1v) is 9.97. The highest BCUT2D eigenvalue weighted by Gasteiger charge is 2.20. The van der Waals surface area contributed by atoms with E-state index < -0.39 is 0 Å². The van der Waals surface area contributed by atoms with E-state index in [-0.39, 0.29) is 11.0 Å². The summed E-state index contributed by atoms with van der Waals surface area (Å²) in [6, 6.07) is 16.1. The molecular formula is C22H24N2O2S. The first-order chi connectivity index (χ1) is 12.9. The molecule has 0 aliphatic rings. The molecule has 0 fully saturated rings. The van der Waals surface area contributed by atoms with Crippen LogP contribution < -0.4 is 0 Å². The summed E-state index contributed by atoms with van der Waals surface area (Å²) in [5.74, 6) is 0.958. The lowest BCUT2D eigenvalue weighted by Gasteiger charge is -2.09. The lowest BCUT2D eigenvalue weighted by Crippen LogP contribution is -2.13. The third kappa shape index (κ3) is 4.86. The number of hydrogen-bond donors (Lipinski definition) is 0. The van der Waals surface area contributed by atoms with E-state index >= 15 is 0 Å². The van der Waals surface area contributed by atoms with Crippen LogP contribution in [0.25, 0.3) is 0 Å². The highest BCUT2D eigenvalue weighted by atomic mass is 32.2. The molecule has 0 N–H and O–H groups in total. The van der Waals surface area contributed by atoms with E-state index in [1.54, 1.807) is 0 Å². The summed E-state index contributed by atoms with van der Waals surface area (Å²) in [4.78, 5) is 12.7. The molecule has 1 heterocycles. The summed E-state index contributed by atoms with van der Waals surface area (Å²) in [5, 5.41) is 8.40. The Hall–Kier alpha value is -2.40. The quantitative estimate of drug-likeness (QED) is 0.406. The molecule has 27 heavy (non-hydrogen) atoms. The molecule has 140 valence electrons. The van der Waals surface area contributed by atoms with E-state index in [1.807, 2.05) is 57.2 Å². The zero-order valence-corrected chi connectivity index (χ0v) is 16.9. The van der Waals surface area contributed by atoms with Gasteiger partial charge in [-0.2, -0.15) is 0 Å². The van der Waals surface area contributed by atoms with Crippen LogP contribution in [0.15, 0.2) is 58.2 Å². The summed E-state index contributed by atoms with van der Waals surface area (Å²) in [6.07, 6.45) is 0.678. The number of ketones is 1. The number of benzene rings is 2. The van der Waals surface area contributed by atoms with Crippen molar-refractivity contribution in [2.24, 2.45) is 0 Å². The van der Waals surface area contributed by atoms with Crippen molar-refractivity contribution in [3.63, 3.8) is 0 Å². The SMILES string of the molecule is Cc1ccc(C(=O)C(C)Sc2nnc(CC(C)c3ccccc3)o2)cc1C.